The molecule has 0 spiro atoms. The van der Waals surface area contributed by atoms with E-state index in [4.69, 9.17) is 5.11 Å². The molecule has 1 saturated carbocycles. The summed E-state index contributed by atoms with van der Waals surface area (Å²) in [6, 6.07) is 9.89. The van der Waals surface area contributed by atoms with Crippen LogP contribution in [-0.2, 0) is 16.1 Å². The molecule has 1 aromatic heterocycles. The molecule has 1 fully saturated rings. The number of rotatable bonds is 6. The van der Waals surface area contributed by atoms with Gasteiger partial charge in [0, 0.05) is 18.5 Å². The van der Waals surface area contributed by atoms with Crippen LogP contribution in [0, 0.1) is 11.8 Å². The third-order valence-electron chi connectivity index (χ3n) is 4.93. The van der Waals surface area contributed by atoms with Crippen LogP contribution >= 0.6 is 0 Å². The minimum Gasteiger partial charge on any atom is -0.481 e. The smallest absolute Gasteiger partial charge is 0.306 e. The van der Waals surface area contributed by atoms with Crippen LogP contribution in [0.25, 0.3) is 11.3 Å². The lowest BCUT2D eigenvalue weighted by atomic mass is 9.80. The number of amides is 1. The predicted octanol–water partition coefficient (Wildman–Crippen LogP) is 2.97. The molecule has 6 nitrogen and oxygen atoms in total. The fourth-order valence-electron chi connectivity index (χ4n) is 3.44. The number of hydrogen-bond acceptors (Lipinski definition) is 3. The minimum atomic E-state index is -0.712. The molecule has 6 heteroatoms. The van der Waals surface area contributed by atoms with E-state index in [1.807, 2.05) is 30.3 Å². The molecule has 0 saturated heterocycles. The molecule has 2 aromatic rings. The van der Waals surface area contributed by atoms with Crippen molar-refractivity contribution in [1.82, 2.24) is 15.5 Å². The van der Waals surface area contributed by atoms with Crippen LogP contribution in [0.1, 0.15) is 37.7 Å². The zero-order valence-corrected chi connectivity index (χ0v) is 14.1. The number of carbonyl (C=O) groups excluding carboxylic acids is 1. The van der Waals surface area contributed by atoms with Gasteiger partial charge in [-0.15, -0.1) is 0 Å². The third kappa shape index (κ3) is 4.47. The molecule has 0 atom stereocenters. The minimum absolute atomic E-state index is 0.0130. The first kappa shape index (κ1) is 17.2. The molecule has 0 unspecified atom stereocenters. The van der Waals surface area contributed by atoms with Gasteiger partial charge in [0.15, 0.2) is 0 Å². The van der Waals surface area contributed by atoms with Gasteiger partial charge in [0.1, 0.15) is 0 Å². The predicted molar refractivity (Wildman–Crippen MR) is 93.6 cm³/mol. The van der Waals surface area contributed by atoms with Crippen LogP contribution < -0.4 is 5.32 Å². The molecular formula is C19H23N3O3. The maximum Gasteiger partial charge on any atom is 0.306 e. The van der Waals surface area contributed by atoms with E-state index in [-0.39, 0.29) is 17.7 Å². The molecule has 0 aliphatic heterocycles. The van der Waals surface area contributed by atoms with E-state index in [0.717, 1.165) is 29.7 Å². The largest absolute Gasteiger partial charge is 0.481 e. The number of carboxylic acid groups (broad SMARTS) is 1. The van der Waals surface area contributed by atoms with Crippen molar-refractivity contribution in [2.45, 2.75) is 38.6 Å². The summed E-state index contributed by atoms with van der Waals surface area (Å²) in [5.74, 6) is -0.650. The Bertz CT molecular complexity index is 719. The van der Waals surface area contributed by atoms with Gasteiger partial charge in [0.05, 0.1) is 17.8 Å². The number of carboxylic acids is 1. The lowest BCUT2D eigenvalue weighted by Crippen LogP contribution is -2.28. The molecule has 0 bridgehead atoms. The highest BCUT2D eigenvalue weighted by atomic mass is 16.4. The van der Waals surface area contributed by atoms with E-state index in [1.54, 1.807) is 6.20 Å². The summed E-state index contributed by atoms with van der Waals surface area (Å²) in [4.78, 5) is 23.2. The van der Waals surface area contributed by atoms with Gasteiger partial charge in [-0.25, -0.2) is 0 Å². The SMILES string of the molecule is O=C(CC1CCC(C(=O)O)CC1)NCc1cn[nH]c1-c1ccccc1. The molecule has 3 rings (SSSR count). The highest BCUT2D eigenvalue weighted by molar-refractivity contribution is 5.76. The van der Waals surface area contributed by atoms with Crippen molar-refractivity contribution in [2.24, 2.45) is 11.8 Å². The normalized spacial score (nSPS) is 20.2. The lowest BCUT2D eigenvalue weighted by molar-refractivity contribution is -0.143. The lowest BCUT2D eigenvalue weighted by Gasteiger charge is -2.25. The summed E-state index contributed by atoms with van der Waals surface area (Å²) >= 11 is 0. The number of carbonyl (C=O) groups is 2. The van der Waals surface area contributed by atoms with Gasteiger partial charge in [-0.1, -0.05) is 30.3 Å². The number of nitrogens with zero attached hydrogens (tertiary/aromatic N) is 1. The summed E-state index contributed by atoms with van der Waals surface area (Å²) in [5, 5.41) is 19.1. The number of aliphatic carboxylic acids is 1. The highest BCUT2D eigenvalue weighted by Gasteiger charge is 2.27. The molecule has 1 aromatic carbocycles. The summed E-state index contributed by atoms with van der Waals surface area (Å²) in [6.07, 6.45) is 5.17. The maximum atomic E-state index is 12.2. The van der Waals surface area contributed by atoms with Gasteiger partial charge in [-0.05, 0) is 37.2 Å². The average Bonchev–Trinajstić information content (AvgIpc) is 3.10. The Hall–Kier alpha value is -2.63. The van der Waals surface area contributed by atoms with E-state index < -0.39 is 5.97 Å². The Morgan fingerprint density at radius 3 is 2.56 bits per heavy atom. The maximum absolute atomic E-state index is 12.2. The van der Waals surface area contributed by atoms with Gasteiger partial charge in [-0.2, -0.15) is 5.10 Å². The second kappa shape index (κ2) is 7.96. The van der Waals surface area contributed by atoms with Crippen LogP contribution in [0.15, 0.2) is 36.5 Å². The van der Waals surface area contributed by atoms with E-state index >= 15 is 0 Å². The number of hydrogen-bond donors (Lipinski definition) is 3. The van der Waals surface area contributed by atoms with Crippen LogP contribution in [0.2, 0.25) is 0 Å². The van der Waals surface area contributed by atoms with Crippen molar-refractivity contribution in [3.63, 3.8) is 0 Å². The van der Waals surface area contributed by atoms with Crippen molar-refractivity contribution >= 4 is 11.9 Å². The second-order valence-electron chi connectivity index (χ2n) is 6.67. The Morgan fingerprint density at radius 1 is 1.16 bits per heavy atom. The van der Waals surface area contributed by atoms with E-state index in [9.17, 15) is 9.59 Å². The summed E-state index contributed by atoms with van der Waals surface area (Å²) in [7, 11) is 0. The van der Waals surface area contributed by atoms with E-state index in [1.165, 1.54) is 0 Å². The first-order chi connectivity index (χ1) is 12.1. The quantitative estimate of drug-likeness (QED) is 0.753. The topological polar surface area (TPSA) is 95.1 Å². The molecular weight excluding hydrogens is 318 g/mol. The molecule has 132 valence electrons. The molecule has 1 amide bonds. The highest BCUT2D eigenvalue weighted by Crippen LogP contribution is 2.31. The van der Waals surface area contributed by atoms with Gasteiger partial charge in [0.25, 0.3) is 0 Å². The first-order valence-electron chi connectivity index (χ1n) is 8.70. The van der Waals surface area contributed by atoms with Crippen molar-refractivity contribution in [1.29, 1.82) is 0 Å². The van der Waals surface area contributed by atoms with Gasteiger partial charge in [-0.3, -0.25) is 14.7 Å². The zero-order valence-electron chi connectivity index (χ0n) is 14.1. The monoisotopic (exact) mass is 341 g/mol. The zero-order chi connectivity index (χ0) is 17.6. The Kier molecular flexibility index (Phi) is 5.48. The van der Waals surface area contributed by atoms with Gasteiger partial charge < -0.3 is 10.4 Å². The molecule has 1 aliphatic carbocycles. The fraction of sp³-hybridized carbons (Fsp3) is 0.421. The van der Waals surface area contributed by atoms with Crippen molar-refractivity contribution in [3.05, 3.63) is 42.1 Å². The number of aromatic amines is 1. The Balaban J connectivity index is 1.49. The Morgan fingerprint density at radius 2 is 1.88 bits per heavy atom. The summed E-state index contributed by atoms with van der Waals surface area (Å²) in [6.45, 7) is 0.435. The molecule has 0 radical (unpaired) electrons. The number of benzene rings is 1. The molecule has 25 heavy (non-hydrogen) atoms. The van der Waals surface area contributed by atoms with Crippen molar-refractivity contribution < 1.29 is 14.7 Å². The van der Waals surface area contributed by atoms with E-state index in [0.29, 0.717) is 25.8 Å². The molecule has 1 aliphatic rings. The number of nitrogens with one attached hydrogen (secondary N) is 2. The third-order valence-corrected chi connectivity index (χ3v) is 4.93. The molecule has 3 N–H and O–H groups in total. The Labute approximate surface area is 146 Å². The number of H-pyrrole nitrogens is 1. The number of aromatic nitrogens is 2. The van der Waals surface area contributed by atoms with Gasteiger partial charge >= 0.3 is 5.97 Å². The first-order valence-corrected chi connectivity index (χ1v) is 8.70. The van der Waals surface area contributed by atoms with Gasteiger partial charge in [0.2, 0.25) is 5.91 Å². The summed E-state index contributed by atoms with van der Waals surface area (Å²) < 4.78 is 0. The van der Waals surface area contributed by atoms with Crippen molar-refractivity contribution in [3.8, 4) is 11.3 Å². The molecule has 1 heterocycles. The standard InChI is InChI=1S/C19H23N3O3/c23-17(10-13-6-8-15(9-7-13)19(24)25)20-11-16-12-21-22-18(16)14-4-2-1-3-5-14/h1-5,12-13,15H,6-11H2,(H,20,23)(H,21,22)(H,24,25). The second-order valence-corrected chi connectivity index (χ2v) is 6.67. The van der Waals surface area contributed by atoms with E-state index in [2.05, 4.69) is 15.5 Å². The fourth-order valence-corrected chi connectivity index (χ4v) is 3.44. The summed E-state index contributed by atoms with van der Waals surface area (Å²) in [5.41, 5.74) is 2.91. The van der Waals surface area contributed by atoms with Crippen LogP contribution in [0.4, 0.5) is 0 Å². The average molecular weight is 341 g/mol. The van der Waals surface area contributed by atoms with Crippen LogP contribution in [0.5, 0.6) is 0 Å². The van der Waals surface area contributed by atoms with Crippen molar-refractivity contribution in [2.75, 3.05) is 0 Å². The van der Waals surface area contributed by atoms with Crippen LogP contribution in [0.3, 0.4) is 0 Å². The van der Waals surface area contributed by atoms with Crippen LogP contribution in [-0.4, -0.2) is 27.2 Å².